The van der Waals surface area contributed by atoms with Crippen LogP contribution in [0.3, 0.4) is 0 Å². The molecule has 2 aromatic rings. The third kappa shape index (κ3) is 4.77. The van der Waals surface area contributed by atoms with Gasteiger partial charge in [0.05, 0.1) is 17.9 Å². The molecule has 0 aliphatic carbocycles. The first-order valence-electron chi connectivity index (χ1n) is 9.54. The Bertz CT molecular complexity index is 837. The first-order valence-corrected chi connectivity index (χ1v) is 10.4. The van der Waals surface area contributed by atoms with Crippen molar-refractivity contribution in [2.24, 2.45) is 0 Å². The minimum absolute atomic E-state index is 0.0196. The number of hydrogen-bond acceptors (Lipinski definition) is 6. The number of morpholine rings is 1. The number of carbonyl (C=O) groups excluding carboxylic acids is 2. The topological polar surface area (TPSA) is 68.7 Å². The summed E-state index contributed by atoms with van der Waals surface area (Å²) in [6.45, 7) is 8.50. The molecule has 1 aliphatic heterocycles. The van der Waals surface area contributed by atoms with Gasteiger partial charge in [-0.2, -0.15) is 0 Å². The molecular weight excluding hydrogens is 376 g/mol. The van der Waals surface area contributed by atoms with E-state index in [-0.39, 0.29) is 24.7 Å². The maximum Gasteiger partial charge on any atom is 0.350 e. The summed E-state index contributed by atoms with van der Waals surface area (Å²) < 4.78 is 10.9. The van der Waals surface area contributed by atoms with Crippen molar-refractivity contribution in [3.05, 3.63) is 40.4 Å². The molecule has 0 unspecified atom stereocenters. The Hall–Kier alpha value is -2.25. The van der Waals surface area contributed by atoms with Gasteiger partial charge in [-0.25, -0.2) is 9.78 Å². The highest BCUT2D eigenvalue weighted by Gasteiger charge is 2.27. The summed E-state index contributed by atoms with van der Waals surface area (Å²) in [5, 5.41) is 0.772. The molecule has 1 aliphatic rings. The van der Waals surface area contributed by atoms with Gasteiger partial charge in [0, 0.05) is 18.7 Å². The fourth-order valence-electron chi connectivity index (χ4n) is 3.26. The van der Waals surface area contributed by atoms with Crippen molar-refractivity contribution in [1.82, 2.24) is 9.88 Å². The molecule has 1 amide bonds. The zero-order valence-corrected chi connectivity index (χ0v) is 17.5. The number of thiazole rings is 1. The highest BCUT2D eigenvalue weighted by Crippen LogP contribution is 2.28. The Labute approximate surface area is 169 Å². The summed E-state index contributed by atoms with van der Waals surface area (Å²) in [6, 6.07) is 8.15. The standard InChI is InChI=1S/C21H26N2O4S/c1-5-16-6-8-17(9-7-16)20-22-15(4)19(28-20)21(25)26-12-18(24)23-10-13(2)27-14(3)11-23/h6-9,13-14H,5,10-12H2,1-4H3/t13-,14-/m0/s1. The van der Waals surface area contributed by atoms with Gasteiger partial charge >= 0.3 is 5.97 Å². The Balaban J connectivity index is 1.63. The summed E-state index contributed by atoms with van der Waals surface area (Å²) in [5.74, 6) is -0.706. The lowest BCUT2D eigenvalue weighted by Gasteiger charge is -2.35. The number of benzene rings is 1. The summed E-state index contributed by atoms with van der Waals surface area (Å²) >= 11 is 1.29. The maximum absolute atomic E-state index is 12.5. The Morgan fingerprint density at radius 1 is 1.21 bits per heavy atom. The molecule has 1 aromatic heterocycles. The first-order chi connectivity index (χ1) is 13.4. The van der Waals surface area contributed by atoms with Crippen LogP contribution in [0.15, 0.2) is 24.3 Å². The molecular formula is C21H26N2O4S. The number of nitrogens with zero attached hydrogens (tertiary/aromatic N) is 2. The molecule has 0 spiro atoms. The number of carbonyl (C=O) groups is 2. The third-order valence-electron chi connectivity index (χ3n) is 4.69. The number of amides is 1. The van der Waals surface area contributed by atoms with Crippen LogP contribution in [-0.4, -0.2) is 53.7 Å². The second kappa shape index (κ2) is 8.84. The van der Waals surface area contributed by atoms with Gasteiger partial charge in [-0.05, 0) is 32.8 Å². The van der Waals surface area contributed by atoms with Crippen molar-refractivity contribution < 1.29 is 19.1 Å². The molecule has 0 bridgehead atoms. The van der Waals surface area contributed by atoms with Crippen LogP contribution in [0.25, 0.3) is 10.6 Å². The van der Waals surface area contributed by atoms with Crippen molar-refractivity contribution in [3.63, 3.8) is 0 Å². The van der Waals surface area contributed by atoms with Crippen molar-refractivity contribution in [2.45, 2.75) is 46.3 Å². The van der Waals surface area contributed by atoms with Crippen LogP contribution >= 0.6 is 11.3 Å². The van der Waals surface area contributed by atoms with E-state index < -0.39 is 5.97 Å². The largest absolute Gasteiger partial charge is 0.451 e. The summed E-state index contributed by atoms with van der Waals surface area (Å²) in [7, 11) is 0. The van der Waals surface area contributed by atoms with Gasteiger partial charge in [-0.3, -0.25) is 4.79 Å². The lowest BCUT2D eigenvalue weighted by Crippen LogP contribution is -2.49. The molecule has 1 saturated heterocycles. The number of aromatic nitrogens is 1. The molecule has 0 radical (unpaired) electrons. The van der Waals surface area contributed by atoms with Crippen LogP contribution in [0.2, 0.25) is 0 Å². The molecule has 0 N–H and O–H groups in total. The molecule has 150 valence electrons. The average Bonchev–Trinajstić information content (AvgIpc) is 3.07. The quantitative estimate of drug-likeness (QED) is 0.717. The average molecular weight is 403 g/mol. The molecule has 2 atom stereocenters. The minimum atomic E-state index is -0.505. The summed E-state index contributed by atoms with van der Waals surface area (Å²) in [5.41, 5.74) is 2.84. The van der Waals surface area contributed by atoms with E-state index >= 15 is 0 Å². The maximum atomic E-state index is 12.5. The highest BCUT2D eigenvalue weighted by atomic mass is 32.1. The Kier molecular flexibility index (Phi) is 6.46. The predicted molar refractivity (Wildman–Crippen MR) is 109 cm³/mol. The van der Waals surface area contributed by atoms with Crippen LogP contribution in [0.1, 0.15) is 41.7 Å². The van der Waals surface area contributed by atoms with E-state index in [0.29, 0.717) is 23.7 Å². The molecule has 1 fully saturated rings. The molecule has 1 aromatic carbocycles. The van der Waals surface area contributed by atoms with Crippen LogP contribution in [0, 0.1) is 6.92 Å². The van der Waals surface area contributed by atoms with Gasteiger partial charge in [0.25, 0.3) is 5.91 Å². The van der Waals surface area contributed by atoms with Crippen molar-refractivity contribution in [3.8, 4) is 10.6 Å². The summed E-state index contributed by atoms with van der Waals surface area (Å²) in [6.07, 6.45) is 0.936. The minimum Gasteiger partial charge on any atom is -0.451 e. The monoisotopic (exact) mass is 402 g/mol. The summed E-state index contributed by atoms with van der Waals surface area (Å²) in [4.78, 5) is 31.5. The number of esters is 1. The van der Waals surface area contributed by atoms with Gasteiger partial charge < -0.3 is 14.4 Å². The number of hydrogen-bond donors (Lipinski definition) is 0. The van der Waals surface area contributed by atoms with Crippen LogP contribution in [-0.2, 0) is 20.7 Å². The molecule has 7 heteroatoms. The van der Waals surface area contributed by atoms with E-state index in [1.165, 1.54) is 16.9 Å². The Morgan fingerprint density at radius 2 is 1.86 bits per heavy atom. The molecule has 6 nitrogen and oxygen atoms in total. The first kappa shape index (κ1) is 20.5. The van der Waals surface area contributed by atoms with E-state index in [1.807, 2.05) is 26.0 Å². The fraction of sp³-hybridized carbons (Fsp3) is 0.476. The number of aryl methyl sites for hydroxylation is 2. The Morgan fingerprint density at radius 3 is 2.46 bits per heavy atom. The van der Waals surface area contributed by atoms with Crippen molar-refractivity contribution in [1.29, 1.82) is 0 Å². The van der Waals surface area contributed by atoms with Crippen LogP contribution in [0.4, 0.5) is 0 Å². The van der Waals surface area contributed by atoms with Gasteiger partial charge in [-0.15, -0.1) is 11.3 Å². The normalized spacial score (nSPS) is 19.5. The lowest BCUT2D eigenvalue weighted by molar-refractivity contribution is -0.146. The van der Waals surface area contributed by atoms with E-state index in [1.54, 1.807) is 11.8 Å². The molecule has 2 heterocycles. The highest BCUT2D eigenvalue weighted by molar-refractivity contribution is 7.17. The van der Waals surface area contributed by atoms with Gasteiger partial charge in [0.2, 0.25) is 0 Å². The molecule has 28 heavy (non-hydrogen) atoms. The molecule has 0 saturated carbocycles. The van der Waals surface area contributed by atoms with Crippen molar-refractivity contribution >= 4 is 23.2 Å². The fourth-order valence-corrected chi connectivity index (χ4v) is 4.22. The van der Waals surface area contributed by atoms with Gasteiger partial charge in [0.15, 0.2) is 6.61 Å². The molecule has 3 rings (SSSR count). The SMILES string of the molecule is CCc1ccc(-c2nc(C)c(C(=O)OCC(=O)N3C[C@H](C)O[C@@H](C)C3)s2)cc1. The van der Waals surface area contributed by atoms with E-state index in [2.05, 4.69) is 24.0 Å². The van der Waals surface area contributed by atoms with Crippen LogP contribution < -0.4 is 0 Å². The van der Waals surface area contributed by atoms with Crippen LogP contribution in [0.5, 0.6) is 0 Å². The third-order valence-corrected chi connectivity index (χ3v) is 5.88. The second-order valence-corrected chi connectivity index (χ2v) is 8.12. The van der Waals surface area contributed by atoms with E-state index in [0.717, 1.165) is 17.0 Å². The second-order valence-electron chi connectivity index (χ2n) is 7.12. The number of ether oxygens (including phenoxy) is 2. The number of rotatable bonds is 5. The van der Waals surface area contributed by atoms with E-state index in [4.69, 9.17) is 9.47 Å². The van der Waals surface area contributed by atoms with Gasteiger partial charge in [0.1, 0.15) is 9.88 Å². The smallest absolute Gasteiger partial charge is 0.350 e. The lowest BCUT2D eigenvalue weighted by atomic mass is 10.1. The van der Waals surface area contributed by atoms with Crippen molar-refractivity contribution in [2.75, 3.05) is 19.7 Å². The van der Waals surface area contributed by atoms with Gasteiger partial charge in [-0.1, -0.05) is 31.2 Å². The zero-order chi connectivity index (χ0) is 20.3. The van der Waals surface area contributed by atoms with E-state index in [9.17, 15) is 9.59 Å². The zero-order valence-electron chi connectivity index (χ0n) is 16.7. The predicted octanol–water partition coefficient (Wildman–Crippen LogP) is 3.47.